The van der Waals surface area contributed by atoms with Crippen molar-refractivity contribution in [2.45, 2.75) is 25.3 Å². The van der Waals surface area contributed by atoms with Crippen LogP contribution in [0.2, 0.25) is 0 Å². The lowest BCUT2D eigenvalue weighted by atomic mass is 9.85. The number of nitrogens with one attached hydrogen (secondary N) is 1. The molecule has 2 aliphatic heterocycles. The second-order valence-electron chi connectivity index (χ2n) is 8.43. The minimum atomic E-state index is -2.62. The number of aryl methyl sites for hydroxylation is 1. The summed E-state index contributed by atoms with van der Waals surface area (Å²) in [5.74, 6) is 0.0638. The molecular formula is C24H28FN2O4PS. The average Bonchev–Trinajstić information content (AvgIpc) is 3.05. The maximum Gasteiger partial charge on any atom is 0.256 e. The Kier molecular flexibility index (Phi) is 6.76. The quantitative estimate of drug-likeness (QED) is 0.596. The Morgan fingerprint density at radius 1 is 1.09 bits per heavy atom. The first-order valence-electron chi connectivity index (χ1n) is 10.7. The Labute approximate surface area is 198 Å². The molecule has 1 amide bonds. The maximum atomic E-state index is 13.4. The number of hydrogen-bond acceptors (Lipinski definition) is 6. The zero-order valence-electron chi connectivity index (χ0n) is 19.2. The van der Waals surface area contributed by atoms with Crippen LogP contribution in [-0.4, -0.2) is 50.5 Å². The number of halogens is 1. The van der Waals surface area contributed by atoms with Crippen LogP contribution in [0.3, 0.4) is 0 Å². The molecule has 1 fully saturated rings. The zero-order chi connectivity index (χ0) is 23.8. The number of benzene rings is 2. The van der Waals surface area contributed by atoms with E-state index >= 15 is 0 Å². The van der Waals surface area contributed by atoms with Crippen molar-refractivity contribution < 1.29 is 23.1 Å². The van der Waals surface area contributed by atoms with Gasteiger partial charge in [-0.25, -0.2) is 4.39 Å². The van der Waals surface area contributed by atoms with Crippen molar-refractivity contribution in [2.24, 2.45) is 0 Å². The van der Waals surface area contributed by atoms with Gasteiger partial charge in [0.05, 0.1) is 12.7 Å². The van der Waals surface area contributed by atoms with Crippen LogP contribution >= 0.6 is 6.49 Å². The van der Waals surface area contributed by atoms with Crippen molar-refractivity contribution in [3.63, 3.8) is 0 Å². The molecule has 1 atom stereocenters. The molecule has 0 aromatic heterocycles. The van der Waals surface area contributed by atoms with Gasteiger partial charge in [-0.05, 0) is 72.0 Å². The highest BCUT2D eigenvalue weighted by atomic mass is 32.5. The lowest BCUT2D eigenvalue weighted by Gasteiger charge is -2.40. The molecule has 2 heterocycles. The first-order chi connectivity index (χ1) is 15.7. The highest BCUT2D eigenvalue weighted by Crippen LogP contribution is 2.53. The minimum absolute atomic E-state index is 0.193. The summed E-state index contributed by atoms with van der Waals surface area (Å²) in [6.45, 7) is 2.39. The van der Waals surface area contributed by atoms with Crippen LogP contribution in [0, 0.1) is 12.7 Å². The Morgan fingerprint density at radius 2 is 1.73 bits per heavy atom. The molecule has 2 aromatic carbocycles. The fraction of sp³-hybridized carbons (Fsp3) is 0.375. The van der Waals surface area contributed by atoms with E-state index in [4.69, 9.17) is 25.7 Å². The van der Waals surface area contributed by atoms with Crippen molar-refractivity contribution in [3.05, 3.63) is 65.2 Å². The van der Waals surface area contributed by atoms with Crippen LogP contribution in [0.1, 0.15) is 24.0 Å². The number of amides is 1. The van der Waals surface area contributed by atoms with Gasteiger partial charge in [0.1, 0.15) is 17.1 Å². The van der Waals surface area contributed by atoms with Crippen molar-refractivity contribution in [1.29, 1.82) is 0 Å². The lowest BCUT2D eigenvalue weighted by molar-refractivity contribution is -0.152. The molecule has 1 N–H and O–H groups in total. The van der Waals surface area contributed by atoms with Crippen molar-refractivity contribution in [3.8, 4) is 11.1 Å². The largest absolute Gasteiger partial charge is 0.445 e. The highest BCUT2D eigenvalue weighted by Gasteiger charge is 2.50. The van der Waals surface area contributed by atoms with Crippen LogP contribution in [0.4, 0.5) is 4.39 Å². The monoisotopic (exact) mass is 490 g/mol. The van der Waals surface area contributed by atoms with E-state index in [2.05, 4.69) is 5.32 Å². The molecule has 2 aliphatic rings. The summed E-state index contributed by atoms with van der Waals surface area (Å²) >= 11 is 5.59. The van der Waals surface area contributed by atoms with Gasteiger partial charge in [-0.3, -0.25) is 4.79 Å². The maximum absolute atomic E-state index is 13.4. The minimum Gasteiger partial charge on any atom is -0.445 e. The van der Waals surface area contributed by atoms with Crippen LogP contribution < -0.4 is 5.32 Å². The predicted octanol–water partition coefficient (Wildman–Crippen LogP) is 4.64. The first kappa shape index (κ1) is 24.0. The number of rotatable bonds is 6. The van der Waals surface area contributed by atoms with Gasteiger partial charge in [-0.1, -0.05) is 24.3 Å². The van der Waals surface area contributed by atoms with E-state index in [0.29, 0.717) is 37.3 Å². The summed E-state index contributed by atoms with van der Waals surface area (Å²) in [6, 6.07) is 12.2. The number of hydroxylamine groups is 2. The second kappa shape index (κ2) is 9.28. The third-order valence-corrected chi connectivity index (χ3v) is 8.20. The molecule has 2 aromatic rings. The third kappa shape index (κ3) is 4.77. The fourth-order valence-electron chi connectivity index (χ4n) is 4.38. The average molecular weight is 491 g/mol. The van der Waals surface area contributed by atoms with Gasteiger partial charge in [-0.15, -0.1) is 0 Å². The summed E-state index contributed by atoms with van der Waals surface area (Å²) in [6.07, 6.45) is 1.25. The van der Waals surface area contributed by atoms with E-state index < -0.39 is 12.0 Å². The molecule has 1 spiro atoms. The number of carbonyl (C=O) groups excluding carboxylic acids is 1. The molecule has 33 heavy (non-hydrogen) atoms. The molecule has 1 saturated heterocycles. The van der Waals surface area contributed by atoms with Crippen LogP contribution in [0.15, 0.2) is 48.2 Å². The van der Waals surface area contributed by atoms with Crippen LogP contribution in [-0.2, 0) is 30.5 Å². The van der Waals surface area contributed by atoms with E-state index in [9.17, 15) is 9.18 Å². The predicted molar refractivity (Wildman–Crippen MR) is 130 cm³/mol. The topological polar surface area (TPSA) is 60.0 Å². The molecule has 1 unspecified atom stereocenters. The zero-order valence-corrected chi connectivity index (χ0v) is 20.9. The van der Waals surface area contributed by atoms with E-state index in [1.165, 1.54) is 19.2 Å². The normalized spacial score (nSPS) is 20.1. The highest BCUT2D eigenvalue weighted by molar-refractivity contribution is 8.09. The second-order valence-corrected chi connectivity index (χ2v) is 12.5. The van der Waals surface area contributed by atoms with Crippen molar-refractivity contribution >= 4 is 29.8 Å². The fourth-order valence-corrected chi connectivity index (χ4v) is 5.27. The van der Waals surface area contributed by atoms with Crippen LogP contribution in [0.5, 0.6) is 0 Å². The van der Waals surface area contributed by atoms with Gasteiger partial charge in [0.2, 0.25) is 6.49 Å². The molecule has 4 rings (SSSR count). The summed E-state index contributed by atoms with van der Waals surface area (Å²) in [5, 5.41) is 5.07. The van der Waals surface area contributed by atoms with Gasteiger partial charge < -0.3 is 19.2 Å². The number of carbonyl (C=O) groups is 1. The Bertz CT molecular complexity index is 1140. The molecule has 9 heteroatoms. The van der Waals surface area contributed by atoms with Gasteiger partial charge in [0.15, 0.2) is 0 Å². The summed E-state index contributed by atoms with van der Waals surface area (Å²) in [7, 11) is 3.18. The molecule has 6 nitrogen and oxygen atoms in total. The summed E-state index contributed by atoms with van der Waals surface area (Å²) in [5.41, 5.74) is 3.25. The summed E-state index contributed by atoms with van der Waals surface area (Å²) in [4.78, 5) is 18.8. The van der Waals surface area contributed by atoms with E-state index in [-0.39, 0.29) is 11.7 Å². The standard InChI is InChI=1S/C24H28FN2O4PS/c1-16-5-6-18(17-7-9-19(25)10-8-17)15-20(16)21-22(31-32(4,33)30-3)24(26-23(21)28)11-13-27(29-2)14-12-24/h5-10,15H,11-14H2,1-4H3,(H,26,28). The third-order valence-electron chi connectivity index (χ3n) is 6.35. The van der Waals surface area contributed by atoms with E-state index in [0.717, 1.165) is 22.3 Å². The SMILES string of the molecule is CON1CCC2(CC1)NC(=O)C(c1cc(-c3ccc(F)cc3)ccc1C)=C2OP(C)(=S)OC. The molecule has 0 aliphatic carbocycles. The lowest BCUT2D eigenvalue weighted by Crippen LogP contribution is -2.52. The molecule has 176 valence electrons. The number of piperidine rings is 1. The van der Waals surface area contributed by atoms with Gasteiger partial charge >= 0.3 is 0 Å². The van der Waals surface area contributed by atoms with Gasteiger partial charge in [0, 0.05) is 26.9 Å². The first-order valence-corrected chi connectivity index (χ1v) is 13.8. The Hall–Kier alpha value is -2.09. The molecule has 0 saturated carbocycles. The Balaban J connectivity index is 1.85. The van der Waals surface area contributed by atoms with E-state index in [1.807, 2.05) is 30.2 Å². The Morgan fingerprint density at radius 3 is 2.33 bits per heavy atom. The molecule has 0 radical (unpaired) electrons. The van der Waals surface area contributed by atoms with Crippen molar-refractivity contribution in [1.82, 2.24) is 10.4 Å². The van der Waals surface area contributed by atoms with Gasteiger partial charge in [0.25, 0.3) is 5.91 Å². The smallest absolute Gasteiger partial charge is 0.256 e. The molecular weight excluding hydrogens is 462 g/mol. The van der Waals surface area contributed by atoms with Crippen LogP contribution in [0.25, 0.3) is 16.7 Å². The number of nitrogens with zero attached hydrogens (tertiary/aromatic N) is 1. The summed E-state index contributed by atoms with van der Waals surface area (Å²) < 4.78 is 25.3. The van der Waals surface area contributed by atoms with Crippen molar-refractivity contribution in [2.75, 3.05) is 34.0 Å². The van der Waals surface area contributed by atoms with Gasteiger partial charge in [-0.2, -0.15) is 5.06 Å². The van der Waals surface area contributed by atoms with E-state index in [1.54, 1.807) is 25.9 Å². The number of hydrogen-bond donors (Lipinski definition) is 1. The molecule has 0 bridgehead atoms.